The van der Waals surface area contributed by atoms with Gasteiger partial charge < -0.3 is 0 Å². The molecule has 0 radical (unpaired) electrons. The molecule has 0 aromatic heterocycles. The quantitative estimate of drug-likeness (QED) is 0.752. The normalized spacial score (nSPS) is 12.7. The highest BCUT2D eigenvalue weighted by molar-refractivity contribution is 7.89. The van der Waals surface area contributed by atoms with E-state index in [1.165, 1.54) is 0 Å². The summed E-state index contributed by atoms with van der Waals surface area (Å²) in [4.78, 5) is -0.831. The highest BCUT2D eigenvalue weighted by Gasteiger charge is 2.30. The van der Waals surface area contributed by atoms with Gasteiger partial charge in [-0.1, -0.05) is 27.7 Å². The lowest BCUT2D eigenvalue weighted by Crippen LogP contribution is -2.37. The maximum atomic E-state index is 13.7. The van der Waals surface area contributed by atoms with Gasteiger partial charge in [0.25, 0.3) is 0 Å². The highest BCUT2D eigenvalue weighted by Crippen LogP contribution is 2.23. The molecule has 0 atom stereocenters. The van der Waals surface area contributed by atoms with Crippen LogP contribution in [-0.4, -0.2) is 25.8 Å². The molecular weight excluding hydrogens is 303 g/mol. The molecule has 0 N–H and O–H groups in total. The minimum atomic E-state index is -4.21. The first kappa shape index (κ1) is 18.0. The van der Waals surface area contributed by atoms with E-state index >= 15 is 0 Å². The molecule has 0 heterocycles. The van der Waals surface area contributed by atoms with Gasteiger partial charge in [0.1, 0.15) is 10.7 Å². The molecule has 1 rings (SSSR count). The minimum absolute atomic E-state index is 0.0203. The maximum Gasteiger partial charge on any atom is 0.246 e. The molecule has 21 heavy (non-hydrogen) atoms. The van der Waals surface area contributed by atoms with Crippen molar-refractivity contribution in [2.75, 3.05) is 13.1 Å². The standard InChI is InChI=1S/C14H20F3NO2S/c1-9(2)7-18(8-10(3)4)21(19,20)14-6-12(16)11(15)5-13(14)17/h5-6,9-10H,7-8H2,1-4H3. The molecule has 0 aliphatic carbocycles. The second kappa shape index (κ2) is 6.79. The summed E-state index contributed by atoms with van der Waals surface area (Å²) in [5.74, 6) is -4.04. The van der Waals surface area contributed by atoms with Crippen molar-refractivity contribution in [1.82, 2.24) is 4.31 Å². The van der Waals surface area contributed by atoms with Gasteiger partial charge in [0.15, 0.2) is 11.6 Å². The summed E-state index contributed by atoms with van der Waals surface area (Å²) in [7, 11) is -4.21. The monoisotopic (exact) mass is 323 g/mol. The second-order valence-electron chi connectivity index (χ2n) is 5.81. The summed E-state index contributed by atoms with van der Waals surface area (Å²) in [6.07, 6.45) is 0. The van der Waals surface area contributed by atoms with Crippen LogP contribution in [0.5, 0.6) is 0 Å². The number of benzene rings is 1. The van der Waals surface area contributed by atoms with Crippen LogP contribution in [0, 0.1) is 29.3 Å². The lowest BCUT2D eigenvalue weighted by atomic mass is 10.2. The zero-order valence-corrected chi connectivity index (χ0v) is 13.3. The molecule has 0 amide bonds. The van der Waals surface area contributed by atoms with E-state index in [0.29, 0.717) is 6.07 Å². The minimum Gasteiger partial charge on any atom is -0.207 e. The number of hydrogen-bond donors (Lipinski definition) is 0. The fourth-order valence-electron chi connectivity index (χ4n) is 1.93. The van der Waals surface area contributed by atoms with Crippen molar-refractivity contribution in [2.45, 2.75) is 32.6 Å². The molecular formula is C14H20F3NO2S. The highest BCUT2D eigenvalue weighted by atomic mass is 32.2. The SMILES string of the molecule is CC(C)CN(CC(C)C)S(=O)(=O)c1cc(F)c(F)cc1F. The van der Waals surface area contributed by atoms with E-state index in [-0.39, 0.29) is 31.0 Å². The van der Waals surface area contributed by atoms with E-state index < -0.39 is 32.4 Å². The first-order valence-corrected chi connectivity index (χ1v) is 8.14. The van der Waals surface area contributed by atoms with Crippen molar-refractivity contribution >= 4 is 10.0 Å². The summed E-state index contributed by atoms with van der Waals surface area (Å²) in [6.45, 7) is 7.65. The fourth-order valence-corrected chi connectivity index (χ4v) is 3.75. The average Bonchev–Trinajstić information content (AvgIpc) is 2.31. The van der Waals surface area contributed by atoms with Crippen LogP contribution < -0.4 is 0 Å². The van der Waals surface area contributed by atoms with Crippen molar-refractivity contribution < 1.29 is 21.6 Å². The molecule has 0 fully saturated rings. The molecule has 0 aliphatic rings. The van der Waals surface area contributed by atoms with Crippen molar-refractivity contribution in [3.8, 4) is 0 Å². The Balaban J connectivity index is 3.31. The number of nitrogens with zero attached hydrogens (tertiary/aromatic N) is 1. The van der Waals surface area contributed by atoms with Crippen LogP contribution >= 0.6 is 0 Å². The number of hydrogen-bond acceptors (Lipinski definition) is 2. The summed E-state index contributed by atoms with van der Waals surface area (Å²) >= 11 is 0. The predicted molar refractivity (Wildman–Crippen MR) is 74.8 cm³/mol. The smallest absolute Gasteiger partial charge is 0.207 e. The number of halogens is 3. The predicted octanol–water partition coefficient (Wildman–Crippen LogP) is 3.41. The van der Waals surface area contributed by atoms with Gasteiger partial charge in [-0.2, -0.15) is 4.31 Å². The fraction of sp³-hybridized carbons (Fsp3) is 0.571. The average molecular weight is 323 g/mol. The summed E-state index contributed by atoms with van der Waals surface area (Å²) in [5, 5.41) is 0. The molecule has 1 aromatic rings. The van der Waals surface area contributed by atoms with Crippen LogP contribution in [0.3, 0.4) is 0 Å². The van der Waals surface area contributed by atoms with E-state index in [9.17, 15) is 21.6 Å². The zero-order valence-electron chi connectivity index (χ0n) is 12.5. The Bertz CT molecular complexity index is 590. The molecule has 0 aliphatic heterocycles. The summed E-state index contributed by atoms with van der Waals surface area (Å²) in [6, 6.07) is 0.652. The summed E-state index contributed by atoms with van der Waals surface area (Å²) < 4.78 is 66.0. The Morgan fingerprint density at radius 2 is 1.33 bits per heavy atom. The maximum absolute atomic E-state index is 13.7. The van der Waals surface area contributed by atoms with E-state index in [1.54, 1.807) is 0 Å². The molecule has 0 saturated carbocycles. The van der Waals surface area contributed by atoms with E-state index in [1.807, 2.05) is 27.7 Å². The van der Waals surface area contributed by atoms with Gasteiger partial charge in [0.05, 0.1) is 0 Å². The molecule has 0 saturated heterocycles. The Labute approximate surface area is 123 Å². The van der Waals surface area contributed by atoms with Gasteiger partial charge in [-0.05, 0) is 17.9 Å². The van der Waals surface area contributed by atoms with Gasteiger partial charge in [-0.25, -0.2) is 21.6 Å². The Morgan fingerprint density at radius 1 is 0.905 bits per heavy atom. The van der Waals surface area contributed by atoms with Crippen molar-refractivity contribution in [3.05, 3.63) is 29.6 Å². The van der Waals surface area contributed by atoms with E-state index in [2.05, 4.69) is 0 Å². The van der Waals surface area contributed by atoms with Gasteiger partial charge in [0.2, 0.25) is 10.0 Å². The van der Waals surface area contributed by atoms with Gasteiger partial charge in [0, 0.05) is 19.2 Å². The van der Waals surface area contributed by atoms with Crippen LogP contribution in [0.15, 0.2) is 17.0 Å². The third-order valence-electron chi connectivity index (χ3n) is 2.73. The molecule has 3 nitrogen and oxygen atoms in total. The molecule has 0 spiro atoms. The largest absolute Gasteiger partial charge is 0.246 e. The van der Waals surface area contributed by atoms with Crippen LogP contribution in [-0.2, 0) is 10.0 Å². The van der Waals surface area contributed by atoms with Gasteiger partial charge in [-0.3, -0.25) is 0 Å². The van der Waals surface area contributed by atoms with Gasteiger partial charge in [-0.15, -0.1) is 0 Å². The molecule has 0 bridgehead atoms. The lowest BCUT2D eigenvalue weighted by molar-refractivity contribution is 0.331. The van der Waals surface area contributed by atoms with Crippen LogP contribution in [0.2, 0.25) is 0 Å². The topological polar surface area (TPSA) is 37.4 Å². The second-order valence-corrected chi connectivity index (χ2v) is 7.71. The molecule has 0 unspecified atom stereocenters. The van der Waals surface area contributed by atoms with Gasteiger partial charge >= 0.3 is 0 Å². The first-order chi connectivity index (χ1) is 9.55. The third kappa shape index (κ3) is 4.44. The van der Waals surface area contributed by atoms with Crippen LogP contribution in [0.4, 0.5) is 13.2 Å². The molecule has 1 aromatic carbocycles. The Morgan fingerprint density at radius 3 is 1.76 bits per heavy atom. The third-order valence-corrected chi connectivity index (χ3v) is 4.58. The van der Waals surface area contributed by atoms with Crippen molar-refractivity contribution in [1.29, 1.82) is 0 Å². The molecule has 7 heteroatoms. The lowest BCUT2D eigenvalue weighted by Gasteiger charge is -2.25. The zero-order chi connectivity index (χ0) is 16.4. The molecule has 120 valence electrons. The number of rotatable bonds is 6. The van der Waals surface area contributed by atoms with E-state index in [4.69, 9.17) is 0 Å². The Kier molecular flexibility index (Phi) is 5.81. The Hall–Kier alpha value is -1.08. The summed E-state index contributed by atoms with van der Waals surface area (Å²) in [5.41, 5.74) is 0. The van der Waals surface area contributed by atoms with Crippen molar-refractivity contribution in [3.63, 3.8) is 0 Å². The van der Waals surface area contributed by atoms with Crippen LogP contribution in [0.25, 0.3) is 0 Å². The van der Waals surface area contributed by atoms with Crippen molar-refractivity contribution in [2.24, 2.45) is 11.8 Å². The van der Waals surface area contributed by atoms with Crippen LogP contribution in [0.1, 0.15) is 27.7 Å². The first-order valence-electron chi connectivity index (χ1n) is 6.70. The van der Waals surface area contributed by atoms with E-state index in [0.717, 1.165) is 4.31 Å². The number of sulfonamides is 1.